The van der Waals surface area contributed by atoms with Gasteiger partial charge in [0.15, 0.2) is 0 Å². The van der Waals surface area contributed by atoms with Crippen LogP contribution in [-0.4, -0.2) is 48.7 Å². The van der Waals surface area contributed by atoms with E-state index in [1.165, 1.54) is 5.04 Å². The molecule has 0 aromatic heterocycles. The zero-order valence-electron chi connectivity index (χ0n) is 12.7. The average molecular weight is 287 g/mol. The SMILES string of the molecule is COCCCC1=NCC[SH]1B1OC(C)(C)C(C)(C)O1. The topological polar surface area (TPSA) is 40.0 Å². The standard InChI is InChI=1S/C13H26BNO3S/c1-12(2)13(3,4)18-14(17-12)19-10-8-15-11(19)7-6-9-16-5/h19H,6-10H2,1-5H3. The van der Waals surface area contributed by atoms with Crippen LogP contribution < -0.4 is 0 Å². The summed E-state index contributed by atoms with van der Waals surface area (Å²) in [5.41, 5.74) is -0.472. The number of thiol groups is 1. The van der Waals surface area contributed by atoms with Crippen LogP contribution in [0.2, 0.25) is 0 Å². The van der Waals surface area contributed by atoms with Gasteiger partial charge < -0.3 is 14.0 Å². The minimum absolute atomic E-state index is 0.0798. The van der Waals surface area contributed by atoms with Crippen molar-refractivity contribution in [3.63, 3.8) is 0 Å². The van der Waals surface area contributed by atoms with E-state index in [1.54, 1.807) is 7.11 Å². The predicted octanol–water partition coefficient (Wildman–Crippen LogP) is 2.42. The van der Waals surface area contributed by atoms with Crippen molar-refractivity contribution in [2.24, 2.45) is 4.99 Å². The lowest BCUT2D eigenvalue weighted by Gasteiger charge is -2.32. The maximum atomic E-state index is 6.18. The van der Waals surface area contributed by atoms with Crippen LogP contribution in [0.15, 0.2) is 4.99 Å². The number of aliphatic imine (C=N–C) groups is 1. The second-order valence-electron chi connectivity index (χ2n) is 6.15. The predicted molar refractivity (Wildman–Crippen MR) is 83.3 cm³/mol. The molecule has 1 atom stereocenters. The average Bonchev–Trinajstić information content (AvgIpc) is 2.83. The van der Waals surface area contributed by atoms with Gasteiger partial charge in [-0.05, 0) is 46.3 Å². The highest BCUT2D eigenvalue weighted by atomic mass is 32.2. The molecule has 6 heteroatoms. The Morgan fingerprint density at radius 2 is 1.89 bits per heavy atom. The van der Waals surface area contributed by atoms with E-state index >= 15 is 0 Å². The van der Waals surface area contributed by atoms with E-state index in [4.69, 9.17) is 14.0 Å². The Hall–Kier alpha value is -0.0351. The molecule has 2 aliphatic rings. The smallest absolute Gasteiger partial charge is 0.395 e. The molecule has 2 rings (SSSR count). The Kier molecular flexibility index (Phi) is 4.65. The minimum atomic E-state index is -0.393. The number of methoxy groups -OCH3 is 1. The molecule has 2 heterocycles. The first-order chi connectivity index (χ1) is 8.87. The van der Waals surface area contributed by atoms with Gasteiger partial charge in [0, 0.05) is 25.3 Å². The van der Waals surface area contributed by atoms with Crippen LogP contribution in [-0.2, 0) is 14.0 Å². The second-order valence-corrected chi connectivity index (χ2v) is 8.48. The molecule has 110 valence electrons. The fourth-order valence-electron chi connectivity index (χ4n) is 2.27. The molecule has 19 heavy (non-hydrogen) atoms. The highest BCUT2D eigenvalue weighted by Crippen LogP contribution is 2.47. The van der Waals surface area contributed by atoms with Gasteiger partial charge in [0.2, 0.25) is 0 Å². The van der Waals surface area contributed by atoms with E-state index in [-0.39, 0.29) is 17.6 Å². The van der Waals surface area contributed by atoms with Crippen LogP contribution in [0.1, 0.15) is 40.5 Å². The van der Waals surface area contributed by atoms with Crippen LogP contribution in [0.5, 0.6) is 0 Å². The quantitative estimate of drug-likeness (QED) is 0.479. The zero-order valence-corrected chi connectivity index (χ0v) is 13.6. The van der Waals surface area contributed by atoms with Crippen LogP contribution in [0.3, 0.4) is 0 Å². The van der Waals surface area contributed by atoms with Crippen molar-refractivity contribution in [3.8, 4) is 0 Å². The Morgan fingerprint density at radius 3 is 2.47 bits per heavy atom. The third-order valence-corrected chi connectivity index (χ3v) is 6.64. The Bertz CT molecular complexity index is 344. The summed E-state index contributed by atoms with van der Waals surface area (Å²) in [7, 11) is 1.35. The molecule has 0 bridgehead atoms. The summed E-state index contributed by atoms with van der Waals surface area (Å²) >= 11 is 0. The molecule has 0 radical (unpaired) electrons. The van der Waals surface area contributed by atoms with Crippen molar-refractivity contribution in [2.75, 3.05) is 26.0 Å². The van der Waals surface area contributed by atoms with Gasteiger partial charge in [-0.1, -0.05) is 0 Å². The fraction of sp³-hybridized carbons (Fsp3) is 0.923. The molecule has 0 aliphatic carbocycles. The number of nitrogens with zero attached hydrogens (tertiary/aromatic N) is 1. The first-order valence-electron chi connectivity index (χ1n) is 7.02. The summed E-state index contributed by atoms with van der Waals surface area (Å²) in [4.78, 5) is 4.66. The largest absolute Gasteiger partial charge is 0.518 e. The molecule has 0 saturated carbocycles. The Morgan fingerprint density at radius 1 is 1.26 bits per heavy atom. The molecule has 0 aromatic carbocycles. The molecule has 0 spiro atoms. The fourth-order valence-corrected chi connectivity index (χ4v) is 4.81. The lowest BCUT2D eigenvalue weighted by Crippen LogP contribution is -2.41. The van der Waals surface area contributed by atoms with E-state index < -0.39 is 10.7 Å². The lowest BCUT2D eigenvalue weighted by atomic mass is 9.90. The zero-order chi connectivity index (χ0) is 14.1. The summed E-state index contributed by atoms with van der Waals surface area (Å²) in [5.74, 6) is 1.11. The summed E-state index contributed by atoms with van der Waals surface area (Å²) < 4.78 is 17.5. The third kappa shape index (κ3) is 3.18. The number of rotatable bonds is 5. The normalized spacial score (nSPS) is 30.7. The monoisotopic (exact) mass is 287 g/mol. The molecule has 1 unspecified atom stereocenters. The molecule has 0 amide bonds. The Labute approximate surface area is 119 Å². The molecule has 0 aromatic rings. The van der Waals surface area contributed by atoms with Gasteiger partial charge in [-0.25, -0.2) is 0 Å². The summed E-state index contributed by atoms with van der Waals surface area (Å²) in [6, 6.07) is 0. The highest BCUT2D eigenvalue weighted by Gasteiger charge is 2.54. The van der Waals surface area contributed by atoms with E-state index in [1.807, 2.05) is 0 Å². The molecule has 1 saturated heterocycles. The minimum Gasteiger partial charge on any atom is -0.395 e. The van der Waals surface area contributed by atoms with Gasteiger partial charge in [0.1, 0.15) is 0 Å². The number of ether oxygens (including phenoxy) is 1. The van der Waals surface area contributed by atoms with Crippen molar-refractivity contribution in [2.45, 2.75) is 51.7 Å². The molecule has 1 fully saturated rings. The van der Waals surface area contributed by atoms with Crippen LogP contribution in [0.4, 0.5) is 0 Å². The number of hydrogen-bond acceptors (Lipinski definition) is 4. The van der Waals surface area contributed by atoms with Gasteiger partial charge in [-0.3, -0.25) is 4.99 Å². The number of hydrogen-bond donors (Lipinski definition) is 1. The van der Waals surface area contributed by atoms with Gasteiger partial charge in [-0.15, -0.1) is 0 Å². The van der Waals surface area contributed by atoms with E-state index in [0.29, 0.717) is 0 Å². The summed E-state index contributed by atoms with van der Waals surface area (Å²) in [5, 5.41) is 1.31. The molecule has 4 nitrogen and oxygen atoms in total. The van der Waals surface area contributed by atoms with Crippen LogP contribution >= 0.6 is 10.7 Å². The van der Waals surface area contributed by atoms with Gasteiger partial charge in [-0.2, -0.15) is 10.7 Å². The maximum absolute atomic E-state index is 6.18. The summed E-state index contributed by atoms with van der Waals surface area (Å²) in [6.45, 7) is 10.2. The molecular weight excluding hydrogens is 261 g/mol. The highest BCUT2D eigenvalue weighted by molar-refractivity contribution is 8.49. The van der Waals surface area contributed by atoms with Crippen molar-refractivity contribution < 1.29 is 14.0 Å². The second kappa shape index (κ2) is 5.76. The van der Waals surface area contributed by atoms with E-state index in [0.717, 1.165) is 31.7 Å². The van der Waals surface area contributed by atoms with Crippen molar-refractivity contribution in [1.29, 1.82) is 0 Å². The molecule has 2 aliphatic heterocycles. The third-order valence-electron chi connectivity index (χ3n) is 4.21. The van der Waals surface area contributed by atoms with Crippen LogP contribution in [0, 0.1) is 0 Å². The first-order valence-corrected chi connectivity index (χ1v) is 8.61. The maximum Gasteiger partial charge on any atom is 0.518 e. The molecular formula is C13H26BNO3S. The van der Waals surface area contributed by atoms with E-state index in [9.17, 15) is 0 Å². The van der Waals surface area contributed by atoms with E-state index in [2.05, 4.69) is 32.7 Å². The summed E-state index contributed by atoms with van der Waals surface area (Å²) in [6.07, 6.45) is 1.97. The van der Waals surface area contributed by atoms with Crippen molar-refractivity contribution in [1.82, 2.24) is 0 Å². The van der Waals surface area contributed by atoms with Crippen molar-refractivity contribution in [3.05, 3.63) is 0 Å². The molecule has 0 N–H and O–H groups in total. The van der Waals surface area contributed by atoms with Gasteiger partial charge in [0.05, 0.1) is 11.2 Å². The lowest BCUT2D eigenvalue weighted by molar-refractivity contribution is 0.00578. The Balaban J connectivity index is 1.97. The first kappa shape index (κ1) is 15.4. The van der Waals surface area contributed by atoms with Crippen molar-refractivity contribution >= 4 is 22.2 Å². The van der Waals surface area contributed by atoms with Gasteiger partial charge >= 0.3 is 6.40 Å². The van der Waals surface area contributed by atoms with Gasteiger partial charge in [0.25, 0.3) is 0 Å². The van der Waals surface area contributed by atoms with Crippen LogP contribution in [0.25, 0.3) is 0 Å².